The van der Waals surface area contributed by atoms with Gasteiger partial charge in [-0.3, -0.25) is 9.89 Å². The van der Waals surface area contributed by atoms with Crippen molar-refractivity contribution in [1.82, 2.24) is 10.2 Å². The SMILES string of the molecule is Cc1cc(NC(=O)c2sccc2C)n[nH]1. The lowest BCUT2D eigenvalue weighted by atomic mass is 10.3. The van der Waals surface area contributed by atoms with Crippen LogP contribution in [0.1, 0.15) is 20.9 Å². The van der Waals surface area contributed by atoms with E-state index in [4.69, 9.17) is 0 Å². The van der Waals surface area contributed by atoms with E-state index >= 15 is 0 Å². The first-order valence-electron chi connectivity index (χ1n) is 4.54. The maximum absolute atomic E-state index is 11.8. The van der Waals surface area contributed by atoms with Crippen LogP contribution in [0, 0.1) is 13.8 Å². The molecule has 0 aliphatic carbocycles. The molecule has 2 rings (SSSR count). The second-order valence-corrected chi connectivity index (χ2v) is 4.24. The topological polar surface area (TPSA) is 57.8 Å². The zero-order valence-electron chi connectivity index (χ0n) is 8.50. The summed E-state index contributed by atoms with van der Waals surface area (Å²) in [5.41, 5.74) is 1.91. The van der Waals surface area contributed by atoms with Gasteiger partial charge in [0.2, 0.25) is 0 Å². The first kappa shape index (κ1) is 9.92. The van der Waals surface area contributed by atoms with Crippen LogP contribution in [0.3, 0.4) is 0 Å². The molecule has 1 amide bonds. The number of thiophene rings is 1. The van der Waals surface area contributed by atoms with Gasteiger partial charge in [0.05, 0.1) is 4.88 Å². The molecule has 0 unspecified atom stereocenters. The molecule has 0 atom stereocenters. The fraction of sp³-hybridized carbons (Fsp3) is 0.200. The summed E-state index contributed by atoms with van der Waals surface area (Å²) in [4.78, 5) is 12.5. The van der Waals surface area contributed by atoms with Crippen molar-refractivity contribution in [2.75, 3.05) is 5.32 Å². The second-order valence-electron chi connectivity index (χ2n) is 3.32. The lowest BCUT2D eigenvalue weighted by Crippen LogP contribution is -2.11. The minimum absolute atomic E-state index is 0.103. The summed E-state index contributed by atoms with van der Waals surface area (Å²) in [5.74, 6) is 0.458. The largest absolute Gasteiger partial charge is 0.304 e. The van der Waals surface area contributed by atoms with E-state index in [9.17, 15) is 4.79 Å². The Labute approximate surface area is 91.3 Å². The van der Waals surface area contributed by atoms with Gasteiger partial charge in [0.1, 0.15) is 0 Å². The molecule has 2 N–H and O–H groups in total. The Morgan fingerprint density at radius 3 is 2.87 bits per heavy atom. The Morgan fingerprint density at radius 2 is 2.33 bits per heavy atom. The first-order valence-corrected chi connectivity index (χ1v) is 5.42. The van der Waals surface area contributed by atoms with Crippen LogP contribution in [-0.4, -0.2) is 16.1 Å². The number of amides is 1. The molecule has 4 nitrogen and oxygen atoms in total. The van der Waals surface area contributed by atoms with E-state index in [0.29, 0.717) is 5.82 Å². The minimum atomic E-state index is -0.103. The van der Waals surface area contributed by atoms with Crippen LogP contribution in [-0.2, 0) is 0 Å². The maximum Gasteiger partial charge on any atom is 0.267 e. The predicted molar refractivity (Wildman–Crippen MR) is 60.3 cm³/mol. The molecule has 0 saturated carbocycles. The van der Waals surface area contributed by atoms with Gasteiger partial charge < -0.3 is 5.32 Å². The Balaban J connectivity index is 2.14. The average Bonchev–Trinajstić information content (AvgIpc) is 2.75. The Kier molecular flexibility index (Phi) is 2.55. The van der Waals surface area contributed by atoms with Crippen LogP contribution in [0.4, 0.5) is 5.82 Å². The zero-order chi connectivity index (χ0) is 10.8. The Hall–Kier alpha value is -1.62. The maximum atomic E-state index is 11.8. The molecule has 2 aromatic rings. The molecule has 15 heavy (non-hydrogen) atoms. The molecule has 0 radical (unpaired) electrons. The van der Waals surface area contributed by atoms with Crippen LogP contribution < -0.4 is 5.32 Å². The zero-order valence-corrected chi connectivity index (χ0v) is 9.31. The number of nitrogens with zero attached hydrogens (tertiary/aromatic N) is 1. The van der Waals surface area contributed by atoms with Crippen LogP contribution in [0.25, 0.3) is 0 Å². The van der Waals surface area contributed by atoms with Gasteiger partial charge in [-0.2, -0.15) is 5.10 Å². The number of anilines is 1. The summed E-state index contributed by atoms with van der Waals surface area (Å²) in [6.45, 7) is 3.81. The number of nitrogens with one attached hydrogen (secondary N) is 2. The molecular formula is C10H11N3OS. The molecule has 2 aromatic heterocycles. The van der Waals surface area contributed by atoms with Crippen molar-refractivity contribution >= 4 is 23.1 Å². The smallest absolute Gasteiger partial charge is 0.267 e. The lowest BCUT2D eigenvalue weighted by molar-refractivity contribution is 0.102. The van der Waals surface area contributed by atoms with Crippen LogP contribution in [0.5, 0.6) is 0 Å². The van der Waals surface area contributed by atoms with Gasteiger partial charge in [-0.15, -0.1) is 11.3 Å². The minimum Gasteiger partial charge on any atom is -0.304 e. The van der Waals surface area contributed by atoms with E-state index in [1.807, 2.05) is 25.3 Å². The van der Waals surface area contributed by atoms with Crippen LogP contribution in [0.15, 0.2) is 17.5 Å². The van der Waals surface area contributed by atoms with E-state index in [2.05, 4.69) is 15.5 Å². The van der Waals surface area contributed by atoms with Crippen molar-refractivity contribution in [3.8, 4) is 0 Å². The summed E-state index contributed by atoms with van der Waals surface area (Å²) >= 11 is 1.43. The van der Waals surface area contributed by atoms with Gasteiger partial charge in [-0.1, -0.05) is 0 Å². The molecule has 0 aliphatic heterocycles. The third-order valence-electron chi connectivity index (χ3n) is 2.02. The molecule has 0 aromatic carbocycles. The van der Waals surface area contributed by atoms with E-state index in [1.54, 1.807) is 6.07 Å². The van der Waals surface area contributed by atoms with Crippen molar-refractivity contribution in [3.05, 3.63) is 33.6 Å². The second kappa shape index (κ2) is 3.86. The summed E-state index contributed by atoms with van der Waals surface area (Å²) in [5, 5.41) is 11.4. The number of carbonyl (C=O) groups excluding carboxylic acids is 1. The quantitative estimate of drug-likeness (QED) is 0.817. The number of aryl methyl sites for hydroxylation is 2. The summed E-state index contributed by atoms with van der Waals surface area (Å²) in [6, 6.07) is 3.72. The highest BCUT2D eigenvalue weighted by atomic mass is 32.1. The van der Waals surface area contributed by atoms with Gasteiger partial charge in [0, 0.05) is 11.8 Å². The number of carbonyl (C=O) groups is 1. The number of aromatic nitrogens is 2. The van der Waals surface area contributed by atoms with Crippen molar-refractivity contribution in [1.29, 1.82) is 0 Å². The standard InChI is InChI=1S/C10H11N3OS/c1-6-3-4-15-9(6)10(14)11-8-5-7(2)12-13-8/h3-5H,1-2H3,(H2,11,12,13,14). The van der Waals surface area contributed by atoms with Gasteiger partial charge in [0.15, 0.2) is 5.82 Å². The van der Waals surface area contributed by atoms with Gasteiger partial charge in [-0.25, -0.2) is 0 Å². The molecular weight excluding hydrogens is 210 g/mol. The Morgan fingerprint density at radius 1 is 1.53 bits per heavy atom. The van der Waals surface area contributed by atoms with Crippen molar-refractivity contribution < 1.29 is 4.79 Å². The third-order valence-corrected chi connectivity index (χ3v) is 3.03. The fourth-order valence-electron chi connectivity index (χ4n) is 1.26. The summed E-state index contributed by atoms with van der Waals surface area (Å²) < 4.78 is 0. The predicted octanol–water partition coefficient (Wildman–Crippen LogP) is 2.34. The summed E-state index contributed by atoms with van der Waals surface area (Å²) in [6.07, 6.45) is 0. The highest BCUT2D eigenvalue weighted by molar-refractivity contribution is 7.12. The number of hydrogen-bond donors (Lipinski definition) is 2. The lowest BCUT2D eigenvalue weighted by Gasteiger charge is -1.99. The molecule has 0 fully saturated rings. The summed E-state index contributed by atoms with van der Waals surface area (Å²) in [7, 11) is 0. The highest BCUT2D eigenvalue weighted by Gasteiger charge is 2.11. The van der Waals surface area contributed by atoms with E-state index in [1.165, 1.54) is 11.3 Å². The molecule has 2 heterocycles. The first-order chi connectivity index (χ1) is 7.16. The Bertz CT molecular complexity index is 486. The monoisotopic (exact) mass is 221 g/mol. The van der Waals surface area contributed by atoms with Gasteiger partial charge in [0.25, 0.3) is 5.91 Å². The van der Waals surface area contributed by atoms with Gasteiger partial charge in [-0.05, 0) is 30.9 Å². The molecule has 0 spiro atoms. The number of rotatable bonds is 2. The van der Waals surface area contributed by atoms with E-state index < -0.39 is 0 Å². The highest BCUT2D eigenvalue weighted by Crippen LogP contribution is 2.17. The fourth-order valence-corrected chi connectivity index (χ4v) is 2.08. The van der Waals surface area contributed by atoms with Crippen molar-refractivity contribution in [2.45, 2.75) is 13.8 Å². The molecule has 78 valence electrons. The van der Waals surface area contributed by atoms with Crippen LogP contribution >= 0.6 is 11.3 Å². The normalized spacial score (nSPS) is 10.3. The number of H-pyrrole nitrogens is 1. The van der Waals surface area contributed by atoms with Gasteiger partial charge >= 0.3 is 0 Å². The van der Waals surface area contributed by atoms with Crippen molar-refractivity contribution in [3.63, 3.8) is 0 Å². The average molecular weight is 221 g/mol. The third kappa shape index (κ3) is 2.07. The molecule has 0 aliphatic rings. The molecule has 0 bridgehead atoms. The van der Waals surface area contributed by atoms with Crippen molar-refractivity contribution in [2.24, 2.45) is 0 Å². The van der Waals surface area contributed by atoms with E-state index in [0.717, 1.165) is 16.1 Å². The van der Waals surface area contributed by atoms with E-state index in [-0.39, 0.29) is 5.91 Å². The number of hydrogen-bond acceptors (Lipinski definition) is 3. The molecule has 5 heteroatoms. The molecule has 0 saturated heterocycles. The number of aromatic amines is 1. The van der Waals surface area contributed by atoms with Crippen LogP contribution in [0.2, 0.25) is 0 Å².